The summed E-state index contributed by atoms with van der Waals surface area (Å²) in [5.74, 6) is 0. The molecule has 1 rings (SSSR count). The maximum atomic E-state index is 5.96. The number of benzene rings is 1. The van der Waals surface area contributed by atoms with Gasteiger partial charge in [0.1, 0.15) is 0 Å². The minimum Gasteiger partial charge on any atom is -0.301 e. The largest absolute Gasteiger partial charge is 0.301 e. The van der Waals surface area contributed by atoms with Gasteiger partial charge in [-0.3, -0.25) is 0 Å². The van der Waals surface area contributed by atoms with E-state index in [9.17, 15) is 0 Å². The number of hydrogen-bond acceptors (Lipinski definition) is 1. The zero-order valence-electron chi connectivity index (χ0n) is 8.56. The second-order valence-electron chi connectivity index (χ2n) is 3.51. The highest BCUT2D eigenvalue weighted by Crippen LogP contribution is 2.17. The highest BCUT2D eigenvalue weighted by molar-refractivity contribution is 9.09. The van der Waals surface area contributed by atoms with Crippen LogP contribution < -0.4 is 0 Å². The van der Waals surface area contributed by atoms with Gasteiger partial charge >= 0.3 is 0 Å². The van der Waals surface area contributed by atoms with Crippen molar-refractivity contribution in [2.24, 2.45) is 0 Å². The van der Waals surface area contributed by atoms with E-state index in [4.69, 9.17) is 11.6 Å². The average molecular weight is 277 g/mol. The number of alkyl halides is 1. The molecule has 0 atom stereocenters. The van der Waals surface area contributed by atoms with Gasteiger partial charge in [-0.2, -0.15) is 0 Å². The standard InChI is InChI=1S/C11H15BrClN/c1-9-7-10(3-4-11(9)13)8-14(2)6-5-12/h3-4,7H,5-6,8H2,1-2H3. The number of rotatable bonds is 4. The Balaban J connectivity index is 2.63. The molecule has 0 fully saturated rings. The van der Waals surface area contributed by atoms with Crippen LogP contribution in [0.4, 0.5) is 0 Å². The van der Waals surface area contributed by atoms with Crippen LogP contribution in [0.15, 0.2) is 18.2 Å². The molecular formula is C11H15BrClN. The van der Waals surface area contributed by atoms with E-state index in [1.807, 2.05) is 13.0 Å². The molecule has 0 heterocycles. The molecule has 1 nitrogen and oxygen atoms in total. The van der Waals surface area contributed by atoms with E-state index in [0.29, 0.717) is 0 Å². The zero-order chi connectivity index (χ0) is 10.6. The summed E-state index contributed by atoms with van der Waals surface area (Å²) in [7, 11) is 2.12. The summed E-state index contributed by atoms with van der Waals surface area (Å²) in [5.41, 5.74) is 2.46. The van der Waals surface area contributed by atoms with Gasteiger partial charge in [0.2, 0.25) is 0 Å². The van der Waals surface area contributed by atoms with Gasteiger partial charge in [-0.1, -0.05) is 39.7 Å². The Kier molecular flexibility index (Phi) is 4.93. The van der Waals surface area contributed by atoms with Gasteiger partial charge in [0.05, 0.1) is 0 Å². The van der Waals surface area contributed by atoms with E-state index in [2.05, 4.69) is 40.0 Å². The minimum absolute atomic E-state index is 0.844. The first-order chi connectivity index (χ1) is 6.63. The van der Waals surface area contributed by atoms with Gasteiger partial charge in [0, 0.05) is 23.4 Å². The van der Waals surface area contributed by atoms with Crippen LogP contribution in [0.1, 0.15) is 11.1 Å². The van der Waals surface area contributed by atoms with Gasteiger partial charge < -0.3 is 4.90 Å². The first kappa shape index (κ1) is 12.0. The SMILES string of the molecule is Cc1cc(CN(C)CCBr)ccc1Cl. The predicted octanol–water partition coefficient (Wildman–Crippen LogP) is 3.48. The van der Waals surface area contributed by atoms with Crippen LogP contribution >= 0.6 is 27.5 Å². The molecular weight excluding hydrogens is 261 g/mol. The molecule has 14 heavy (non-hydrogen) atoms. The molecule has 0 radical (unpaired) electrons. The van der Waals surface area contributed by atoms with Crippen molar-refractivity contribution in [3.8, 4) is 0 Å². The molecule has 3 heteroatoms. The molecule has 0 amide bonds. The molecule has 0 aliphatic carbocycles. The molecule has 0 saturated carbocycles. The molecule has 1 aromatic rings. The van der Waals surface area contributed by atoms with Gasteiger partial charge in [-0.25, -0.2) is 0 Å². The molecule has 78 valence electrons. The van der Waals surface area contributed by atoms with Gasteiger partial charge in [0.25, 0.3) is 0 Å². The lowest BCUT2D eigenvalue weighted by Gasteiger charge is -2.15. The van der Waals surface area contributed by atoms with Crippen LogP contribution in [-0.2, 0) is 6.54 Å². The van der Waals surface area contributed by atoms with Crippen molar-refractivity contribution in [2.75, 3.05) is 18.9 Å². The van der Waals surface area contributed by atoms with Crippen LogP contribution in [0, 0.1) is 6.92 Å². The van der Waals surface area contributed by atoms with Crippen molar-refractivity contribution >= 4 is 27.5 Å². The topological polar surface area (TPSA) is 3.24 Å². The second kappa shape index (κ2) is 5.74. The summed E-state index contributed by atoms with van der Waals surface area (Å²) < 4.78 is 0. The molecule has 0 saturated heterocycles. The Morgan fingerprint density at radius 2 is 2.14 bits per heavy atom. The number of nitrogens with zero attached hydrogens (tertiary/aromatic N) is 1. The Morgan fingerprint density at radius 1 is 1.43 bits per heavy atom. The van der Waals surface area contributed by atoms with E-state index < -0.39 is 0 Å². The number of halogens is 2. The van der Waals surface area contributed by atoms with Crippen molar-refractivity contribution in [3.05, 3.63) is 34.3 Å². The van der Waals surface area contributed by atoms with Crippen LogP contribution in [0.5, 0.6) is 0 Å². The minimum atomic E-state index is 0.844. The van der Waals surface area contributed by atoms with E-state index in [1.54, 1.807) is 0 Å². The van der Waals surface area contributed by atoms with Crippen LogP contribution in [0.2, 0.25) is 5.02 Å². The molecule has 0 unspecified atom stereocenters. The molecule has 0 aromatic heterocycles. The van der Waals surface area contributed by atoms with Crippen LogP contribution in [0.3, 0.4) is 0 Å². The summed E-state index contributed by atoms with van der Waals surface area (Å²) >= 11 is 9.38. The number of aryl methyl sites for hydroxylation is 1. The highest BCUT2D eigenvalue weighted by atomic mass is 79.9. The Labute approximate surface area is 99.2 Å². The van der Waals surface area contributed by atoms with Crippen molar-refractivity contribution in [1.82, 2.24) is 4.90 Å². The van der Waals surface area contributed by atoms with E-state index >= 15 is 0 Å². The summed E-state index contributed by atoms with van der Waals surface area (Å²) in [6.07, 6.45) is 0. The third-order valence-corrected chi connectivity index (χ3v) is 2.92. The van der Waals surface area contributed by atoms with E-state index in [-0.39, 0.29) is 0 Å². The monoisotopic (exact) mass is 275 g/mol. The summed E-state index contributed by atoms with van der Waals surface area (Å²) in [4.78, 5) is 2.28. The second-order valence-corrected chi connectivity index (χ2v) is 4.71. The fourth-order valence-corrected chi connectivity index (χ4v) is 2.06. The molecule has 0 bridgehead atoms. The maximum absolute atomic E-state index is 5.96. The van der Waals surface area contributed by atoms with E-state index in [1.165, 1.54) is 5.56 Å². The van der Waals surface area contributed by atoms with Gasteiger partial charge in [-0.05, 0) is 31.2 Å². The summed E-state index contributed by atoms with van der Waals surface area (Å²) in [6.45, 7) is 4.07. The van der Waals surface area contributed by atoms with Crippen molar-refractivity contribution in [1.29, 1.82) is 0 Å². The van der Waals surface area contributed by atoms with Crippen molar-refractivity contribution < 1.29 is 0 Å². The van der Waals surface area contributed by atoms with Gasteiger partial charge in [-0.15, -0.1) is 0 Å². The Bertz CT molecular complexity index is 301. The van der Waals surface area contributed by atoms with Gasteiger partial charge in [0.15, 0.2) is 0 Å². The first-order valence-corrected chi connectivity index (χ1v) is 6.13. The maximum Gasteiger partial charge on any atom is 0.0435 e. The summed E-state index contributed by atoms with van der Waals surface area (Å²) in [6, 6.07) is 6.20. The third-order valence-electron chi connectivity index (χ3n) is 2.14. The summed E-state index contributed by atoms with van der Waals surface area (Å²) in [5, 5.41) is 1.85. The molecule has 0 spiro atoms. The Hall–Kier alpha value is -0.0500. The Morgan fingerprint density at radius 3 is 2.71 bits per heavy atom. The third kappa shape index (κ3) is 3.60. The zero-order valence-corrected chi connectivity index (χ0v) is 10.9. The normalized spacial score (nSPS) is 10.9. The highest BCUT2D eigenvalue weighted by Gasteiger charge is 2.01. The molecule has 0 aliphatic heterocycles. The molecule has 1 aromatic carbocycles. The van der Waals surface area contributed by atoms with Crippen LogP contribution in [-0.4, -0.2) is 23.8 Å². The predicted molar refractivity (Wildman–Crippen MR) is 66.3 cm³/mol. The smallest absolute Gasteiger partial charge is 0.0435 e. The van der Waals surface area contributed by atoms with Crippen molar-refractivity contribution in [3.63, 3.8) is 0 Å². The van der Waals surface area contributed by atoms with Crippen LogP contribution in [0.25, 0.3) is 0 Å². The van der Waals surface area contributed by atoms with Crippen molar-refractivity contribution in [2.45, 2.75) is 13.5 Å². The lowest BCUT2D eigenvalue weighted by Crippen LogP contribution is -2.19. The fraction of sp³-hybridized carbons (Fsp3) is 0.455. The first-order valence-electron chi connectivity index (χ1n) is 4.63. The number of hydrogen-bond donors (Lipinski definition) is 0. The van der Waals surface area contributed by atoms with E-state index in [0.717, 1.165) is 29.0 Å². The average Bonchev–Trinajstić information content (AvgIpc) is 2.12. The fourth-order valence-electron chi connectivity index (χ4n) is 1.34. The lowest BCUT2D eigenvalue weighted by atomic mass is 10.1. The quantitative estimate of drug-likeness (QED) is 0.761. The molecule has 0 N–H and O–H groups in total. The lowest BCUT2D eigenvalue weighted by molar-refractivity contribution is 0.349. The molecule has 0 aliphatic rings.